The zero-order chi connectivity index (χ0) is 14.0. The molecule has 1 N–H and O–H groups in total. The molecule has 0 unspecified atom stereocenters. The Morgan fingerprint density at radius 3 is 2.58 bits per heavy atom. The van der Waals surface area contributed by atoms with Crippen molar-refractivity contribution in [2.24, 2.45) is 5.92 Å². The second kappa shape index (κ2) is 5.47. The lowest BCUT2D eigenvalue weighted by Crippen LogP contribution is -2.32. The number of hydrogen-bond donors (Lipinski definition) is 1. The summed E-state index contributed by atoms with van der Waals surface area (Å²) < 4.78 is 0. The van der Waals surface area contributed by atoms with Crippen LogP contribution in [0, 0.1) is 16.0 Å². The summed E-state index contributed by atoms with van der Waals surface area (Å²) in [6, 6.07) is 5.56. The maximum Gasteiger partial charge on any atom is 0.273 e. The van der Waals surface area contributed by atoms with E-state index in [1.165, 1.54) is 12.8 Å². The summed E-state index contributed by atoms with van der Waals surface area (Å²) in [6.07, 6.45) is 2.55. The molecule has 0 heterocycles. The molecule has 2 rings (SSSR count). The normalized spacial score (nSPS) is 14.5. The topological polar surface area (TPSA) is 58.4 Å². The van der Waals surface area contributed by atoms with E-state index in [2.05, 4.69) is 24.1 Å². The van der Waals surface area contributed by atoms with Gasteiger partial charge in [-0.25, -0.2) is 0 Å². The highest BCUT2D eigenvalue weighted by atomic mass is 16.6. The summed E-state index contributed by atoms with van der Waals surface area (Å²) in [5, 5.41) is 14.0. The van der Waals surface area contributed by atoms with Crippen molar-refractivity contribution >= 4 is 17.1 Å². The second-order valence-corrected chi connectivity index (χ2v) is 5.43. The van der Waals surface area contributed by atoms with Crippen LogP contribution in [-0.2, 0) is 0 Å². The van der Waals surface area contributed by atoms with Gasteiger partial charge in [0.2, 0.25) is 0 Å². The van der Waals surface area contributed by atoms with Crippen LogP contribution in [0.3, 0.4) is 0 Å². The van der Waals surface area contributed by atoms with E-state index in [1.807, 2.05) is 6.07 Å². The minimum Gasteiger partial charge on any atom is -0.388 e. The van der Waals surface area contributed by atoms with Crippen LogP contribution in [0.4, 0.5) is 17.1 Å². The molecule has 1 fully saturated rings. The molecule has 0 spiro atoms. The predicted octanol–water partition coefficient (Wildman–Crippen LogP) is 3.26. The lowest BCUT2D eigenvalue weighted by molar-refractivity contribution is -0.384. The Kier molecular flexibility index (Phi) is 3.93. The minimum absolute atomic E-state index is 0.142. The van der Waals surface area contributed by atoms with Crippen molar-refractivity contribution in [1.29, 1.82) is 0 Å². The largest absolute Gasteiger partial charge is 0.388 e. The average molecular weight is 263 g/mol. The van der Waals surface area contributed by atoms with Gasteiger partial charge in [0, 0.05) is 43.1 Å². The minimum atomic E-state index is -0.333. The van der Waals surface area contributed by atoms with Gasteiger partial charge in [0.25, 0.3) is 5.69 Å². The van der Waals surface area contributed by atoms with Crippen LogP contribution in [0.15, 0.2) is 18.2 Å². The van der Waals surface area contributed by atoms with Gasteiger partial charge < -0.3 is 10.2 Å². The van der Waals surface area contributed by atoms with Crippen LogP contribution in [0.1, 0.15) is 26.7 Å². The van der Waals surface area contributed by atoms with Gasteiger partial charge in [0.1, 0.15) is 0 Å². The first-order valence-corrected chi connectivity index (χ1v) is 6.75. The van der Waals surface area contributed by atoms with Crippen LogP contribution in [0.5, 0.6) is 0 Å². The number of nitro groups is 1. The first-order chi connectivity index (χ1) is 9.01. The molecule has 1 aliphatic carbocycles. The van der Waals surface area contributed by atoms with Gasteiger partial charge in [-0.2, -0.15) is 0 Å². The van der Waals surface area contributed by atoms with Gasteiger partial charge in [-0.05, 0) is 38.7 Å². The monoisotopic (exact) mass is 263 g/mol. The highest BCUT2D eigenvalue weighted by Gasteiger charge is 2.26. The maximum atomic E-state index is 11.0. The van der Waals surface area contributed by atoms with E-state index in [4.69, 9.17) is 0 Å². The SMILES string of the molecule is CNc1cc(N(CC2CC2)C(C)C)cc([N+](=O)[O-])c1. The molecule has 5 nitrogen and oxygen atoms in total. The third kappa shape index (κ3) is 3.36. The molecular formula is C14H21N3O2. The van der Waals surface area contributed by atoms with Crippen LogP contribution >= 0.6 is 0 Å². The van der Waals surface area contributed by atoms with Crippen molar-refractivity contribution in [2.45, 2.75) is 32.7 Å². The molecule has 19 heavy (non-hydrogen) atoms. The van der Waals surface area contributed by atoms with E-state index in [-0.39, 0.29) is 10.6 Å². The fourth-order valence-corrected chi connectivity index (χ4v) is 2.20. The van der Waals surface area contributed by atoms with Crippen LogP contribution in [0.2, 0.25) is 0 Å². The van der Waals surface area contributed by atoms with E-state index >= 15 is 0 Å². The summed E-state index contributed by atoms with van der Waals surface area (Å²) in [5.41, 5.74) is 1.86. The van der Waals surface area contributed by atoms with Crippen molar-refractivity contribution in [1.82, 2.24) is 0 Å². The van der Waals surface area contributed by atoms with Crippen LogP contribution < -0.4 is 10.2 Å². The summed E-state index contributed by atoms with van der Waals surface area (Å²) in [5.74, 6) is 0.750. The zero-order valence-electron chi connectivity index (χ0n) is 11.7. The number of nitrogens with zero attached hydrogens (tertiary/aromatic N) is 2. The average Bonchev–Trinajstić information content (AvgIpc) is 3.18. The van der Waals surface area contributed by atoms with Gasteiger partial charge in [-0.3, -0.25) is 10.1 Å². The Hall–Kier alpha value is -1.78. The van der Waals surface area contributed by atoms with Gasteiger partial charge in [-0.15, -0.1) is 0 Å². The molecule has 5 heteroatoms. The number of nitrogens with one attached hydrogen (secondary N) is 1. The lowest BCUT2D eigenvalue weighted by Gasteiger charge is -2.29. The third-order valence-electron chi connectivity index (χ3n) is 3.51. The summed E-state index contributed by atoms with van der Waals surface area (Å²) in [6.45, 7) is 5.24. The highest BCUT2D eigenvalue weighted by molar-refractivity contribution is 5.64. The number of nitro benzene ring substituents is 1. The molecule has 1 aliphatic rings. The van der Waals surface area contributed by atoms with Crippen LogP contribution in [0.25, 0.3) is 0 Å². The summed E-state index contributed by atoms with van der Waals surface area (Å²) in [7, 11) is 1.78. The third-order valence-corrected chi connectivity index (χ3v) is 3.51. The van der Waals surface area contributed by atoms with Crippen molar-refractivity contribution in [3.63, 3.8) is 0 Å². The van der Waals surface area contributed by atoms with E-state index < -0.39 is 0 Å². The molecule has 0 atom stereocenters. The molecule has 1 aromatic rings. The van der Waals surface area contributed by atoms with Crippen molar-refractivity contribution in [3.05, 3.63) is 28.3 Å². The van der Waals surface area contributed by atoms with E-state index in [9.17, 15) is 10.1 Å². The second-order valence-electron chi connectivity index (χ2n) is 5.43. The molecule has 0 radical (unpaired) electrons. The number of rotatable bonds is 6. The molecular weight excluding hydrogens is 242 g/mol. The standard InChI is InChI=1S/C14H21N3O2/c1-10(2)16(9-11-4-5-11)13-6-12(15-3)7-14(8-13)17(18)19/h6-8,10-11,15H,4-5,9H2,1-3H3. The van der Waals surface area contributed by atoms with Crippen molar-refractivity contribution < 1.29 is 4.92 Å². The molecule has 1 saturated carbocycles. The first kappa shape index (κ1) is 13.6. The smallest absolute Gasteiger partial charge is 0.273 e. The Morgan fingerprint density at radius 2 is 2.11 bits per heavy atom. The molecule has 0 amide bonds. The molecule has 0 saturated heterocycles. The van der Waals surface area contributed by atoms with E-state index in [0.717, 1.165) is 23.8 Å². The Morgan fingerprint density at radius 1 is 1.42 bits per heavy atom. The molecule has 0 bridgehead atoms. The van der Waals surface area contributed by atoms with Gasteiger partial charge in [0.05, 0.1) is 4.92 Å². The predicted molar refractivity (Wildman–Crippen MR) is 77.8 cm³/mol. The fourth-order valence-electron chi connectivity index (χ4n) is 2.20. The zero-order valence-corrected chi connectivity index (χ0v) is 11.7. The number of anilines is 2. The quantitative estimate of drug-likeness (QED) is 0.632. The molecule has 1 aromatic carbocycles. The fraction of sp³-hybridized carbons (Fsp3) is 0.571. The Bertz CT molecular complexity index is 470. The molecule has 0 aromatic heterocycles. The van der Waals surface area contributed by atoms with Crippen molar-refractivity contribution in [3.8, 4) is 0 Å². The van der Waals surface area contributed by atoms with E-state index in [0.29, 0.717) is 6.04 Å². The Labute approximate surface area is 113 Å². The summed E-state index contributed by atoms with van der Waals surface area (Å²) >= 11 is 0. The number of hydrogen-bond acceptors (Lipinski definition) is 4. The van der Waals surface area contributed by atoms with E-state index in [1.54, 1.807) is 19.2 Å². The van der Waals surface area contributed by atoms with Gasteiger partial charge in [-0.1, -0.05) is 0 Å². The maximum absolute atomic E-state index is 11.0. The lowest BCUT2D eigenvalue weighted by atomic mass is 10.2. The van der Waals surface area contributed by atoms with Crippen molar-refractivity contribution in [2.75, 3.05) is 23.8 Å². The number of benzene rings is 1. The molecule has 0 aliphatic heterocycles. The van der Waals surface area contributed by atoms with Gasteiger partial charge >= 0.3 is 0 Å². The highest BCUT2D eigenvalue weighted by Crippen LogP contribution is 2.34. The van der Waals surface area contributed by atoms with Gasteiger partial charge in [0.15, 0.2) is 0 Å². The van der Waals surface area contributed by atoms with Crippen LogP contribution in [-0.4, -0.2) is 24.6 Å². The summed E-state index contributed by atoms with van der Waals surface area (Å²) in [4.78, 5) is 12.9. The molecule has 104 valence electrons. The number of non-ortho nitro benzene ring substituents is 1. The first-order valence-electron chi connectivity index (χ1n) is 6.75. The Balaban J connectivity index is 2.33.